The number of nitrogens with zero attached hydrogens (tertiary/aromatic N) is 5. The third kappa shape index (κ3) is 3.11. The molecule has 0 amide bonds. The molecule has 27 heavy (non-hydrogen) atoms. The summed E-state index contributed by atoms with van der Waals surface area (Å²) in [7, 11) is -3.65. The van der Waals surface area contributed by atoms with E-state index in [9.17, 15) is 13.2 Å². The number of carboxylic acids is 1. The van der Waals surface area contributed by atoms with E-state index in [1.165, 1.54) is 22.9 Å². The van der Waals surface area contributed by atoms with Gasteiger partial charge in [0.25, 0.3) is 0 Å². The maximum Gasteiger partial charge on any atom is 0.356 e. The summed E-state index contributed by atoms with van der Waals surface area (Å²) >= 11 is 0. The number of hydrogen-bond acceptors (Lipinski definition) is 7. The van der Waals surface area contributed by atoms with Crippen molar-refractivity contribution in [3.05, 3.63) is 42.6 Å². The fourth-order valence-electron chi connectivity index (χ4n) is 3.04. The van der Waals surface area contributed by atoms with Gasteiger partial charge in [-0.25, -0.2) is 28.2 Å². The molecule has 2 N–H and O–H groups in total. The summed E-state index contributed by atoms with van der Waals surface area (Å²) in [6, 6.07) is 3.42. The van der Waals surface area contributed by atoms with Gasteiger partial charge in [0.2, 0.25) is 10.0 Å². The first-order valence-corrected chi connectivity index (χ1v) is 9.63. The lowest BCUT2D eigenvalue weighted by Crippen LogP contribution is -2.48. The Bertz CT molecular complexity index is 1090. The second-order valence-electron chi connectivity index (χ2n) is 6.01. The van der Waals surface area contributed by atoms with Crippen molar-refractivity contribution in [1.29, 1.82) is 0 Å². The Hall–Kier alpha value is -3.05. The number of fused-ring (bicyclic) bond motifs is 1. The minimum absolute atomic E-state index is 0.132. The van der Waals surface area contributed by atoms with Crippen LogP contribution < -0.4 is 4.90 Å². The highest BCUT2D eigenvalue weighted by atomic mass is 32.2. The van der Waals surface area contributed by atoms with Crippen molar-refractivity contribution in [2.75, 3.05) is 31.1 Å². The van der Waals surface area contributed by atoms with E-state index in [-0.39, 0.29) is 23.7 Å². The molecular weight excluding hydrogens is 372 g/mol. The van der Waals surface area contributed by atoms with Crippen LogP contribution in [0.3, 0.4) is 0 Å². The second-order valence-corrected chi connectivity index (χ2v) is 7.91. The molecule has 0 saturated carbocycles. The number of aromatic carboxylic acids is 1. The summed E-state index contributed by atoms with van der Waals surface area (Å²) in [6.45, 7) is 1.44. The molecular formula is C16H16N6O4S. The molecule has 11 heteroatoms. The Balaban J connectivity index is 1.51. The zero-order valence-electron chi connectivity index (χ0n) is 14.1. The van der Waals surface area contributed by atoms with Crippen LogP contribution in [0.15, 0.2) is 41.8 Å². The molecule has 3 aromatic rings. The number of carboxylic acid groups (broad SMARTS) is 1. The standard InChI is InChI=1S/C16H16N6O4S/c23-16(24)12-8-19-14(10-18-12)21-4-6-22(7-5-21)27(25,26)13-9-20-15-11(13)2-1-3-17-15/h1-3,8-10H,4-7H2,(H,17,20)(H,23,24). The number of carbonyl (C=O) groups is 1. The topological polar surface area (TPSA) is 132 Å². The number of rotatable bonds is 4. The first kappa shape index (κ1) is 17.4. The zero-order chi connectivity index (χ0) is 19.0. The predicted octanol–water partition coefficient (Wildman–Crippen LogP) is 0.562. The van der Waals surface area contributed by atoms with Crippen LogP contribution >= 0.6 is 0 Å². The first-order chi connectivity index (χ1) is 13.0. The Morgan fingerprint density at radius 1 is 1.11 bits per heavy atom. The van der Waals surface area contributed by atoms with E-state index in [1.807, 2.05) is 4.90 Å². The second kappa shape index (κ2) is 6.59. The summed E-state index contributed by atoms with van der Waals surface area (Å²) < 4.78 is 27.4. The number of pyridine rings is 1. The van der Waals surface area contributed by atoms with Crippen LogP contribution in [0.1, 0.15) is 10.5 Å². The molecule has 1 fully saturated rings. The molecule has 0 atom stereocenters. The largest absolute Gasteiger partial charge is 0.476 e. The third-order valence-corrected chi connectivity index (χ3v) is 6.39. The van der Waals surface area contributed by atoms with E-state index in [4.69, 9.17) is 5.11 Å². The quantitative estimate of drug-likeness (QED) is 0.663. The normalized spacial score (nSPS) is 15.9. The van der Waals surface area contributed by atoms with Crippen molar-refractivity contribution >= 4 is 32.8 Å². The number of nitrogens with one attached hydrogen (secondary N) is 1. The summed E-state index contributed by atoms with van der Waals surface area (Å²) in [5.74, 6) is -0.619. The van der Waals surface area contributed by atoms with E-state index in [0.717, 1.165) is 0 Å². The van der Waals surface area contributed by atoms with Gasteiger partial charge >= 0.3 is 5.97 Å². The van der Waals surface area contributed by atoms with Crippen LogP contribution in [0.4, 0.5) is 5.82 Å². The van der Waals surface area contributed by atoms with E-state index in [2.05, 4.69) is 19.9 Å². The van der Waals surface area contributed by atoms with Gasteiger partial charge in [-0.2, -0.15) is 4.31 Å². The van der Waals surface area contributed by atoms with Gasteiger partial charge in [0.1, 0.15) is 16.4 Å². The maximum atomic E-state index is 13.0. The Morgan fingerprint density at radius 2 is 1.89 bits per heavy atom. The first-order valence-electron chi connectivity index (χ1n) is 8.19. The predicted molar refractivity (Wildman–Crippen MR) is 96.1 cm³/mol. The molecule has 0 aromatic carbocycles. The zero-order valence-corrected chi connectivity index (χ0v) is 14.9. The van der Waals surface area contributed by atoms with Gasteiger partial charge in [-0.1, -0.05) is 0 Å². The number of piperazine rings is 1. The number of anilines is 1. The molecule has 1 saturated heterocycles. The van der Waals surface area contributed by atoms with Crippen molar-refractivity contribution in [3.63, 3.8) is 0 Å². The Kier molecular flexibility index (Phi) is 4.24. The molecule has 1 aliphatic heterocycles. The van der Waals surface area contributed by atoms with E-state index >= 15 is 0 Å². The highest BCUT2D eigenvalue weighted by Crippen LogP contribution is 2.25. The monoisotopic (exact) mass is 388 g/mol. The molecule has 3 aromatic heterocycles. The van der Waals surface area contributed by atoms with Crippen LogP contribution in [0.5, 0.6) is 0 Å². The Labute approximate surface area is 154 Å². The van der Waals surface area contributed by atoms with Crippen molar-refractivity contribution < 1.29 is 18.3 Å². The molecule has 0 unspecified atom stereocenters. The lowest BCUT2D eigenvalue weighted by Gasteiger charge is -2.34. The summed E-state index contributed by atoms with van der Waals surface area (Å²) in [4.78, 5) is 27.9. The van der Waals surface area contributed by atoms with Gasteiger partial charge in [0, 0.05) is 44.0 Å². The van der Waals surface area contributed by atoms with Gasteiger partial charge in [-0.15, -0.1) is 0 Å². The number of hydrogen-bond donors (Lipinski definition) is 2. The molecule has 0 spiro atoms. The summed E-state index contributed by atoms with van der Waals surface area (Å²) in [5, 5.41) is 9.44. The maximum absolute atomic E-state index is 13.0. The van der Waals surface area contributed by atoms with E-state index < -0.39 is 16.0 Å². The van der Waals surface area contributed by atoms with Crippen LogP contribution in [0, 0.1) is 0 Å². The lowest BCUT2D eigenvalue weighted by molar-refractivity contribution is 0.0690. The van der Waals surface area contributed by atoms with E-state index in [0.29, 0.717) is 29.9 Å². The summed E-state index contributed by atoms with van der Waals surface area (Å²) in [6.07, 6.45) is 5.65. The molecule has 4 rings (SSSR count). The van der Waals surface area contributed by atoms with Crippen molar-refractivity contribution in [3.8, 4) is 0 Å². The third-order valence-electron chi connectivity index (χ3n) is 4.45. The SMILES string of the molecule is O=C(O)c1cnc(N2CCN(S(=O)(=O)c3c[nH]c4ncccc34)CC2)cn1. The number of aromatic nitrogens is 4. The smallest absolute Gasteiger partial charge is 0.356 e. The molecule has 1 aliphatic rings. The van der Waals surface area contributed by atoms with Gasteiger partial charge in [0.15, 0.2) is 5.69 Å². The van der Waals surface area contributed by atoms with Gasteiger partial charge in [0.05, 0.1) is 12.4 Å². The van der Waals surface area contributed by atoms with E-state index in [1.54, 1.807) is 18.3 Å². The molecule has 0 radical (unpaired) electrons. The fraction of sp³-hybridized carbons (Fsp3) is 0.250. The van der Waals surface area contributed by atoms with Crippen LogP contribution in [-0.2, 0) is 10.0 Å². The summed E-state index contributed by atoms with van der Waals surface area (Å²) in [5.41, 5.74) is 0.399. The number of sulfonamides is 1. The molecule has 10 nitrogen and oxygen atoms in total. The fourth-order valence-corrected chi connectivity index (χ4v) is 4.61. The van der Waals surface area contributed by atoms with Gasteiger partial charge in [-0.3, -0.25) is 0 Å². The minimum Gasteiger partial charge on any atom is -0.476 e. The minimum atomic E-state index is -3.65. The van der Waals surface area contributed by atoms with Gasteiger partial charge in [-0.05, 0) is 12.1 Å². The molecule has 140 valence electrons. The molecule has 4 heterocycles. The number of aromatic amines is 1. The van der Waals surface area contributed by atoms with Crippen molar-refractivity contribution in [1.82, 2.24) is 24.2 Å². The highest BCUT2D eigenvalue weighted by Gasteiger charge is 2.31. The Morgan fingerprint density at radius 3 is 2.56 bits per heavy atom. The van der Waals surface area contributed by atoms with Crippen LogP contribution in [0.25, 0.3) is 11.0 Å². The average Bonchev–Trinajstić information content (AvgIpc) is 3.13. The number of H-pyrrole nitrogens is 1. The van der Waals surface area contributed by atoms with Gasteiger partial charge < -0.3 is 15.0 Å². The molecule has 0 aliphatic carbocycles. The van der Waals surface area contributed by atoms with Crippen molar-refractivity contribution in [2.45, 2.75) is 4.90 Å². The van der Waals surface area contributed by atoms with Crippen LogP contribution in [0.2, 0.25) is 0 Å². The lowest BCUT2D eigenvalue weighted by atomic mass is 10.3. The van der Waals surface area contributed by atoms with Crippen molar-refractivity contribution in [2.24, 2.45) is 0 Å². The molecule has 0 bridgehead atoms. The average molecular weight is 388 g/mol. The highest BCUT2D eigenvalue weighted by molar-refractivity contribution is 7.89. The van der Waals surface area contributed by atoms with Crippen LogP contribution in [-0.4, -0.2) is 69.9 Å².